The van der Waals surface area contributed by atoms with Gasteiger partial charge < -0.3 is 0 Å². The van der Waals surface area contributed by atoms with Crippen molar-refractivity contribution in [2.45, 2.75) is 13.3 Å². The Morgan fingerprint density at radius 1 is 1.75 bits per heavy atom. The Hall–Kier alpha value is -1.38. The first-order valence-corrected chi connectivity index (χ1v) is 3.92. The highest BCUT2D eigenvalue weighted by Crippen LogP contribution is 1.99. The van der Waals surface area contributed by atoms with Crippen LogP contribution < -0.4 is 0 Å². The second-order valence-electron chi connectivity index (χ2n) is 2.60. The molecular formula is C9H12N2O. The highest BCUT2D eigenvalue weighted by atomic mass is 16.1. The lowest BCUT2D eigenvalue weighted by Gasteiger charge is -1.84. The van der Waals surface area contributed by atoms with Gasteiger partial charge in [0.15, 0.2) is 5.78 Å². The first kappa shape index (κ1) is 8.71. The summed E-state index contributed by atoms with van der Waals surface area (Å²) >= 11 is 0. The van der Waals surface area contributed by atoms with E-state index in [2.05, 4.69) is 5.10 Å². The van der Waals surface area contributed by atoms with Gasteiger partial charge in [-0.2, -0.15) is 5.10 Å². The molecule has 0 aromatic carbocycles. The fraction of sp³-hybridized carbons (Fsp3) is 0.333. The molecule has 1 aromatic rings. The largest absolute Gasteiger partial charge is 0.295 e. The summed E-state index contributed by atoms with van der Waals surface area (Å²) in [6.45, 7) is 1.84. The molecule has 0 atom stereocenters. The molecule has 3 heteroatoms. The van der Waals surface area contributed by atoms with Gasteiger partial charge in [-0.15, -0.1) is 0 Å². The lowest BCUT2D eigenvalue weighted by molar-refractivity contribution is -0.114. The molecule has 12 heavy (non-hydrogen) atoms. The monoisotopic (exact) mass is 164 g/mol. The number of aromatic nitrogens is 2. The van der Waals surface area contributed by atoms with E-state index in [9.17, 15) is 4.79 Å². The summed E-state index contributed by atoms with van der Waals surface area (Å²) in [7, 11) is 1.85. The Morgan fingerprint density at radius 3 is 3.00 bits per heavy atom. The number of carbonyl (C=O) groups is 1. The number of rotatable bonds is 3. The van der Waals surface area contributed by atoms with Crippen molar-refractivity contribution in [2.75, 3.05) is 0 Å². The van der Waals surface area contributed by atoms with E-state index >= 15 is 0 Å². The summed E-state index contributed by atoms with van der Waals surface area (Å²) in [4.78, 5) is 10.9. The molecule has 64 valence electrons. The predicted octanol–water partition coefficient (Wildman–Crippen LogP) is 1.41. The lowest BCUT2D eigenvalue weighted by atomic mass is 10.2. The van der Waals surface area contributed by atoms with Gasteiger partial charge in [-0.3, -0.25) is 9.48 Å². The van der Waals surface area contributed by atoms with Crippen LogP contribution in [0.1, 0.15) is 18.9 Å². The van der Waals surface area contributed by atoms with Crippen molar-refractivity contribution in [2.24, 2.45) is 7.05 Å². The zero-order valence-corrected chi connectivity index (χ0v) is 7.32. The van der Waals surface area contributed by atoms with Gasteiger partial charge in [0.25, 0.3) is 0 Å². The van der Waals surface area contributed by atoms with E-state index in [-0.39, 0.29) is 5.78 Å². The summed E-state index contributed by atoms with van der Waals surface area (Å²) in [5.74, 6) is 0.138. The van der Waals surface area contributed by atoms with Gasteiger partial charge in [-0.05, 0) is 12.2 Å². The van der Waals surface area contributed by atoms with Crippen LogP contribution in [0.3, 0.4) is 0 Å². The Kier molecular flexibility index (Phi) is 2.80. The quantitative estimate of drug-likeness (QED) is 0.633. The lowest BCUT2D eigenvalue weighted by Crippen LogP contribution is -1.86. The van der Waals surface area contributed by atoms with E-state index < -0.39 is 0 Å². The highest BCUT2D eigenvalue weighted by molar-refractivity contribution is 5.93. The summed E-state index contributed by atoms with van der Waals surface area (Å²) in [5, 5.41) is 3.97. The van der Waals surface area contributed by atoms with E-state index in [1.807, 2.05) is 20.2 Å². The van der Waals surface area contributed by atoms with Gasteiger partial charge in [-0.25, -0.2) is 0 Å². The molecule has 0 N–H and O–H groups in total. The summed E-state index contributed by atoms with van der Waals surface area (Å²) in [6.07, 6.45) is 7.49. The molecule has 1 rings (SSSR count). The standard InChI is InChI=1S/C9H12N2O/c1-3-9(12)5-4-8-6-10-11(2)7-8/h4-7H,3H2,1-2H3/b5-4+. The maximum Gasteiger partial charge on any atom is 0.155 e. The molecule has 0 saturated carbocycles. The molecule has 1 aromatic heterocycles. The molecule has 0 amide bonds. The molecule has 0 saturated heterocycles. The third-order valence-electron chi connectivity index (χ3n) is 1.53. The molecule has 0 radical (unpaired) electrons. The second kappa shape index (κ2) is 3.85. The maximum absolute atomic E-state index is 10.9. The van der Waals surface area contributed by atoms with Crippen LogP contribution in [0.5, 0.6) is 0 Å². The van der Waals surface area contributed by atoms with Crippen LogP contribution in [0.2, 0.25) is 0 Å². The minimum absolute atomic E-state index is 0.138. The van der Waals surface area contributed by atoms with Crippen molar-refractivity contribution in [3.8, 4) is 0 Å². The van der Waals surface area contributed by atoms with Crippen LogP contribution in [-0.4, -0.2) is 15.6 Å². The zero-order valence-electron chi connectivity index (χ0n) is 7.32. The molecule has 3 nitrogen and oxygen atoms in total. The number of allylic oxidation sites excluding steroid dienone is 1. The molecule has 1 heterocycles. The average molecular weight is 164 g/mol. The van der Waals surface area contributed by atoms with Crippen LogP contribution in [0, 0.1) is 0 Å². The third-order valence-corrected chi connectivity index (χ3v) is 1.53. The van der Waals surface area contributed by atoms with Crippen molar-refractivity contribution in [1.29, 1.82) is 0 Å². The van der Waals surface area contributed by atoms with Gasteiger partial charge in [0.1, 0.15) is 0 Å². The molecule has 0 fully saturated rings. The first-order chi connectivity index (χ1) is 5.72. The molecule has 0 aliphatic rings. The topological polar surface area (TPSA) is 34.9 Å². The number of hydrogen-bond donors (Lipinski definition) is 0. The number of nitrogens with zero attached hydrogens (tertiary/aromatic N) is 2. The summed E-state index contributed by atoms with van der Waals surface area (Å²) in [6, 6.07) is 0. The van der Waals surface area contributed by atoms with Crippen molar-refractivity contribution in [3.05, 3.63) is 24.0 Å². The molecular weight excluding hydrogens is 152 g/mol. The average Bonchev–Trinajstić information content (AvgIpc) is 2.47. The minimum Gasteiger partial charge on any atom is -0.295 e. The zero-order chi connectivity index (χ0) is 8.97. The van der Waals surface area contributed by atoms with E-state index in [1.54, 1.807) is 23.0 Å². The number of carbonyl (C=O) groups excluding carboxylic acids is 1. The Labute approximate surface area is 71.7 Å². The number of aryl methyl sites for hydroxylation is 1. The van der Waals surface area contributed by atoms with Crippen molar-refractivity contribution < 1.29 is 4.79 Å². The summed E-state index contributed by atoms with van der Waals surface area (Å²) in [5.41, 5.74) is 0.958. The van der Waals surface area contributed by atoms with Crippen molar-refractivity contribution >= 4 is 11.9 Å². The predicted molar refractivity (Wildman–Crippen MR) is 47.5 cm³/mol. The smallest absolute Gasteiger partial charge is 0.155 e. The molecule has 0 aliphatic carbocycles. The maximum atomic E-state index is 10.9. The third kappa shape index (κ3) is 2.34. The van der Waals surface area contributed by atoms with Crippen LogP contribution in [0.15, 0.2) is 18.5 Å². The Bertz CT molecular complexity index is 299. The van der Waals surface area contributed by atoms with E-state index in [4.69, 9.17) is 0 Å². The molecule has 0 aliphatic heterocycles. The van der Waals surface area contributed by atoms with Crippen molar-refractivity contribution in [1.82, 2.24) is 9.78 Å². The van der Waals surface area contributed by atoms with Crippen LogP contribution in [-0.2, 0) is 11.8 Å². The van der Waals surface area contributed by atoms with Gasteiger partial charge in [0.05, 0.1) is 6.20 Å². The molecule has 0 bridgehead atoms. The van der Waals surface area contributed by atoms with E-state index in [0.29, 0.717) is 6.42 Å². The van der Waals surface area contributed by atoms with Crippen LogP contribution in [0.4, 0.5) is 0 Å². The molecule has 0 spiro atoms. The van der Waals surface area contributed by atoms with Crippen molar-refractivity contribution in [3.63, 3.8) is 0 Å². The second-order valence-corrected chi connectivity index (χ2v) is 2.60. The Balaban J connectivity index is 2.63. The number of ketones is 1. The van der Waals surface area contributed by atoms with Crippen LogP contribution in [0.25, 0.3) is 6.08 Å². The number of hydrogen-bond acceptors (Lipinski definition) is 2. The highest BCUT2D eigenvalue weighted by Gasteiger charge is 1.92. The Morgan fingerprint density at radius 2 is 2.50 bits per heavy atom. The fourth-order valence-corrected chi connectivity index (χ4v) is 0.833. The van der Waals surface area contributed by atoms with Gasteiger partial charge >= 0.3 is 0 Å². The van der Waals surface area contributed by atoms with E-state index in [1.165, 1.54) is 0 Å². The van der Waals surface area contributed by atoms with Gasteiger partial charge in [0, 0.05) is 25.2 Å². The summed E-state index contributed by atoms with van der Waals surface area (Å²) < 4.78 is 1.70. The van der Waals surface area contributed by atoms with Crippen LogP contribution >= 0.6 is 0 Å². The van der Waals surface area contributed by atoms with Gasteiger partial charge in [-0.1, -0.05) is 6.92 Å². The fourth-order valence-electron chi connectivity index (χ4n) is 0.833. The molecule has 0 unspecified atom stereocenters. The first-order valence-electron chi connectivity index (χ1n) is 3.92. The SMILES string of the molecule is CCC(=O)/C=C/c1cnn(C)c1. The normalized spacial score (nSPS) is 10.8. The van der Waals surface area contributed by atoms with E-state index in [0.717, 1.165) is 5.56 Å². The minimum atomic E-state index is 0.138. The van der Waals surface area contributed by atoms with Gasteiger partial charge in [0.2, 0.25) is 0 Å².